The highest BCUT2D eigenvalue weighted by Crippen LogP contribution is 2.40. The van der Waals surface area contributed by atoms with Crippen molar-refractivity contribution >= 4 is 6.16 Å². The first-order chi connectivity index (χ1) is 13.9. The summed E-state index contributed by atoms with van der Waals surface area (Å²) >= 11 is 0. The molecule has 0 saturated heterocycles. The maximum Gasteiger partial charge on any atom is 0.513 e. The second kappa shape index (κ2) is 8.80. The van der Waals surface area contributed by atoms with Gasteiger partial charge in [0.25, 0.3) is 0 Å². The number of methoxy groups -OCH3 is 1. The van der Waals surface area contributed by atoms with Crippen LogP contribution in [0.25, 0.3) is 0 Å². The topological polar surface area (TPSA) is 44.8 Å². The Kier molecular flexibility index (Phi) is 6.84. The number of aryl methyl sites for hydroxylation is 1. The molecule has 0 aliphatic carbocycles. The van der Waals surface area contributed by atoms with E-state index in [2.05, 4.69) is 9.47 Å². The first-order valence-electron chi connectivity index (χ1n) is 8.35. The maximum atomic E-state index is 14.0. The summed E-state index contributed by atoms with van der Waals surface area (Å²) in [6.45, 7) is 0.352. The third-order valence-corrected chi connectivity index (χ3v) is 4.01. The van der Waals surface area contributed by atoms with Crippen molar-refractivity contribution in [2.45, 2.75) is 32.3 Å². The van der Waals surface area contributed by atoms with Crippen LogP contribution in [-0.2, 0) is 30.1 Å². The zero-order chi connectivity index (χ0) is 22.7. The first kappa shape index (κ1) is 23.3. The van der Waals surface area contributed by atoms with Gasteiger partial charge in [-0.1, -0.05) is 13.0 Å². The van der Waals surface area contributed by atoms with Crippen molar-refractivity contribution in [1.82, 2.24) is 0 Å². The quantitative estimate of drug-likeness (QED) is 0.318. The molecule has 4 nitrogen and oxygen atoms in total. The van der Waals surface area contributed by atoms with Crippen molar-refractivity contribution in [2.24, 2.45) is 0 Å². The molecule has 0 radical (unpaired) electrons. The highest BCUT2D eigenvalue weighted by molar-refractivity contribution is 5.64. The van der Waals surface area contributed by atoms with Crippen LogP contribution in [0, 0.1) is 5.82 Å². The third kappa shape index (κ3) is 5.33. The molecule has 0 unspecified atom stereocenters. The summed E-state index contributed by atoms with van der Waals surface area (Å²) in [5.41, 5.74) is -3.65. The Hall–Kier alpha value is -2.98. The predicted octanol–water partition coefficient (Wildman–Crippen LogP) is 6.15. The van der Waals surface area contributed by atoms with Gasteiger partial charge in [-0.15, -0.1) is 0 Å². The van der Waals surface area contributed by atoms with Crippen LogP contribution in [0.5, 0.6) is 11.5 Å². The molecule has 0 amide bonds. The number of hydrogen-bond acceptors (Lipinski definition) is 4. The average Bonchev–Trinajstić information content (AvgIpc) is 2.64. The summed E-state index contributed by atoms with van der Waals surface area (Å²) < 4.78 is 108. The molecule has 0 aromatic heterocycles. The van der Waals surface area contributed by atoms with E-state index in [1.807, 2.05) is 0 Å². The molecule has 2 aromatic carbocycles. The predicted molar refractivity (Wildman–Crippen MR) is 89.6 cm³/mol. The highest BCUT2D eigenvalue weighted by atomic mass is 19.4. The Bertz CT molecular complexity index is 920. The van der Waals surface area contributed by atoms with E-state index in [1.54, 1.807) is 0 Å². The van der Waals surface area contributed by atoms with Gasteiger partial charge in [-0.3, -0.25) is 0 Å². The molecule has 164 valence electrons. The van der Waals surface area contributed by atoms with Crippen molar-refractivity contribution in [2.75, 3.05) is 7.11 Å². The minimum absolute atomic E-state index is 0.0385. The minimum Gasteiger partial charge on any atom is -0.488 e. The maximum absolute atomic E-state index is 14.0. The van der Waals surface area contributed by atoms with Crippen molar-refractivity contribution in [1.29, 1.82) is 0 Å². The van der Waals surface area contributed by atoms with Crippen molar-refractivity contribution < 1.29 is 49.7 Å². The van der Waals surface area contributed by atoms with E-state index in [9.17, 15) is 35.5 Å². The lowest BCUT2D eigenvalue weighted by Gasteiger charge is -2.19. The van der Waals surface area contributed by atoms with Gasteiger partial charge in [0.1, 0.15) is 23.9 Å². The Balaban J connectivity index is 2.51. The smallest absolute Gasteiger partial charge is 0.488 e. The van der Waals surface area contributed by atoms with Crippen LogP contribution in [0.15, 0.2) is 30.3 Å². The fraction of sp³-hybridized carbons (Fsp3) is 0.316. The number of halogens is 7. The molecular weight excluding hydrogens is 425 g/mol. The zero-order valence-corrected chi connectivity index (χ0v) is 15.6. The standard InChI is InChI=1S/C19H15F7O4/c1-3-10-7-13(19(24,25)26)16(8-14(10)20)29-9-11-12(18(21,22)23)5-4-6-15(11)30-17(27)28-2/h4-8H,3,9H2,1-2H3. The Morgan fingerprint density at radius 2 is 1.60 bits per heavy atom. The van der Waals surface area contributed by atoms with Crippen LogP contribution in [0.2, 0.25) is 0 Å². The molecule has 0 atom stereocenters. The lowest BCUT2D eigenvalue weighted by molar-refractivity contribution is -0.140. The number of hydrogen-bond donors (Lipinski definition) is 0. The molecule has 2 rings (SSSR count). The van der Waals surface area contributed by atoms with Crippen LogP contribution in [0.3, 0.4) is 0 Å². The van der Waals surface area contributed by atoms with E-state index in [-0.39, 0.29) is 12.0 Å². The number of benzene rings is 2. The Labute approximate surface area is 166 Å². The summed E-state index contributed by atoms with van der Waals surface area (Å²) in [6, 6.07) is 3.54. The molecule has 2 aromatic rings. The summed E-state index contributed by atoms with van der Waals surface area (Å²) in [6.07, 6.45) is -11.3. The molecule has 30 heavy (non-hydrogen) atoms. The lowest BCUT2D eigenvalue weighted by Crippen LogP contribution is -2.16. The van der Waals surface area contributed by atoms with E-state index < -0.39 is 59.1 Å². The second-order valence-corrected chi connectivity index (χ2v) is 5.92. The zero-order valence-electron chi connectivity index (χ0n) is 15.6. The summed E-state index contributed by atoms with van der Waals surface area (Å²) in [7, 11) is 0.916. The van der Waals surface area contributed by atoms with Gasteiger partial charge in [0.05, 0.1) is 18.2 Å². The molecule has 0 aliphatic heterocycles. The molecule has 11 heteroatoms. The molecule has 0 spiro atoms. The number of carbonyl (C=O) groups is 1. The monoisotopic (exact) mass is 440 g/mol. The molecular formula is C19H15F7O4. The number of ether oxygens (including phenoxy) is 3. The fourth-order valence-electron chi connectivity index (χ4n) is 2.57. The average molecular weight is 440 g/mol. The van der Waals surface area contributed by atoms with Crippen molar-refractivity contribution in [3.05, 3.63) is 58.4 Å². The molecule has 0 bridgehead atoms. The SMILES string of the molecule is CCc1cc(C(F)(F)F)c(OCc2c(OC(=O)OC)cccc2C(F)(F)F)cc1F. The van der Waals surface area contributed by atoms with Crippen molar-refractivity contribution in [3.63, 3.8) is 0 Å². The Morgan fingerprint density at radius 1 is 0.967 bits per heavy atom. The highest BCUT2D eigenvalue weighted by Gasteiger charge is 2.37. The fourth-order valence-corrected chi connectivity index (χ4v) is 2.57. The van der Waals surface area contributed by atoms with Gasteiger partial charge in [0, 0.05) is 11.6 Å². The molecule has 0 aliphatic rings. The number of alkyl halides is 6. The summed E-state index contributed by atoms with van der Waals surface area (Å²) in [5, 5.41) is 0. The molecule has 0 saturated carbocycles. The van der Waals surface area contributed by atoms with Gasteiger partial charge in [-0.2, -0.15) is 26.3 Å². The molecule has 0 N–H and O–H groups in total. The van der Waals surface area contributed by atoms with Gasteiger partial charge in [-0.25, -0.2) is 9.18 Å². The van der Waals surface area contributed by atoms with E-state index in [4.69, 9.17) is 4.74 Å². The molecule has 0 heterocycles. The molecule has 0 fully saturated rings. The number of carbonyl (C=O) groups excluding carboxylic acids is 1. The van der Waals surface area contributed by atoms with Crippen LogP contribution in [0.1, 0.15) is 29.2 Å². The normalized spacial score (nSPS) is 11.9. The van der Waals surface area contributed by atoms with E-state index in [1.165, 1.54) is 6.92 Å². The van der Waals surface area contributed by atoms with Crippen molar-refractivity contribution in [3.8, 4) is 11.5 Å². The van der Waals surface area contributed by atoms with Gasteiger partial charge in [-0.05, 0) is 30.2 Å². The van der Waals surface area contributed by atoms with Crippen LogP contribution in [-0.4, -0.2) is 13.3 Å². The van der Waals surface area contributed by atoms with E-state index >= 15 is 0 Å². The third-order valence-electron chi connectivity index (χ3n) is 4.01. The van der Waals surface area contributed by atoms with Gasteiger partial charge in [0.15, 0.2) is 0 Å². The number of rotatable bonds is 5. The van der Waals surface area contributed by atoms with Gasteiger partial charge < -0.3 is 14.2 Å². The second-order valence-electron chi connectivity index (χ2n) is 5.92. The van der Waals surface area contributed by atoms with Crippen LogP contribution in [0.4, 0.5) is 35.5 Å². The first-order valence-corrected chi connectivity index (χ1v) is 8.35. The van der Waals surface area contributed by atoms with Crippen LogP contribution < -0.4 is 9.47 Å². The minimum atomic E-state index is -4.94. The van der Waals surface area contributed by atoms with E-state index in [0.717, 1.165) is 19.2 Å². The lowest BCUT2D eigenvalue weighted by atomic mass is 10.1. The summed E-state index contributed by atoms with van der Waals surface area (Å²) in [4.78, 5) is 11.3. The largest absolute Gasteiger partial charge is 0.513 e. The van der Waals surface area contributed by atoms with Gasteiger partial charge >= 0.3 is 18.5 Å². The van der Waals surface area contributed by atoms with Crippen LogP contribution >= 0.6 is 0 Å². The van der Waals surface area contributed by atoms with Gasteiger partial charge in [0.2, 0.25) is 0 Å². The Morgan fingerprint density at radius 3 is 2.13 bits per heavy atom. The summed E-state index contributed by atoms with van der Waals surface area (Å²) in [5.74, 6) is -2.63. The van der Waals surface area contributed by atoms with E-state index in [0.29, 0.717) is 18.2 Å².